The highest BCUT2D eigenvalue weighted by atomic mass is 15.0. The van der Waals surface area contributed by atoms with E-state index in [1.807, 2.05) is 0 Å². The minimum atomic E-state index is -0.419. The monoisotopic (exact) mass is 199 g/mol. The van der Waals surface area contributed by atoms with E-state index >= 15 is 0 Å². The van der Waals surface area contributed by atoms with Crippen LogP contribution < -0.4 is 16.8 Å². The summed E-state index contributed by atoms with van der Waals surface area (Å²) in [4.78, 5) is 0. The SMILES string of the molecule is CCCCCC(N)(N)C1CCNCC1. The number of unbranched alkanes of at least 4 members (excludes halogenated alkanes) is 2. The maximum Gasteiger partial charge on any atom is 0.0666 e. The van der Waals surface area contributed by atoms with Gasteiger partial charge in [-0.2, -0.15) is 0 Å². The van der Waals surface area contributed by atoms with Gasteiger partial charge in [0.15, 0.2) is 0 Å². The van der Waals surface area contributed by atoms with Gasteiger partial charge in [-0.25, -0.2) is 0 Å². The summed E-state index contributed by atoms with van der Waals surface area (Å²) < 4.78 is 0. The molecular weight excluding hydrogens is 174 g/mol. The molecule has 0 aromatic carbocycles. The molecule has 1 saturated heterocycles. The van der Waals surface area contributed by atoms with Crippen molar-refractivity contribution in [2.24, 2.45) is 17.4 Å². The van der Waals surface area contributed by atoms with Gasteiger partial charge in [0.1, 0.15) is 0 Å². The fourth-order valence-electron chi connectivity index (χ4n) is 2.24. The molecule has 0 aliphatic carbocycles. The maximum atomic E-state index is 6.18. The molecule has 0 saturated carbocycles. The predicted octanol–water partition coefficient (Wildman–Crippen LogP) is 1.18. The molecule has 0 aromatic rings. The second-order valence-corrected chi connectivity index (χ2v) is 4.59. The van der Waals surface area contributed by atoms with Gasteiger partial charge in [0.2, 0.25) is 0 Å². The molecule has 0 atom stereocenters. The fraction of sp³-hybridized carbons (Fsp3) is 1.00. The largest absolute Gasteiger partial charge is 0.317 e. The summed E-state index contributed by atoms with van der Waals surface area (Å²) in [5.41, 5.74) is 11.9. The average Bonchev–Trinajstić information content (AvgIpc) is 2.19. The van der Waals surface area contributed by atoms with E-state index in [1.54, 1.807) is 0 Å². The second-order valence-electron chi connectivity index (χ2n) is 4.59. The Morgan fingerprint density at radius 3 is 2.43 bits per heavy atom. The summed E-state index contributed by atoms with van der Waals surface area (Å²) in [5, 5.41) is 3.34. The first-order valence-electron chi connectivity index (χ1n) is 5.95. The number of hydrogen-bond acceptors (Lipinski definition) is 3. The highest BCUT2D eigenvalue weighted by molar-refractivity contribution is 4.88. The van der Waals surface area contributed by atoms with Crippen LogP contribution in [0.5, 0.6) is 0 Å². The third-order valence-electron chi connectivity index (χ3n) is 3.31. The minimum absolute atomic E-state index is 0.419. The van der Waals surface area contributed by atoms with Gasteiger partial charge in [0, 0.05) is 0 Å². The Morgan fingerprint density at radius 1 is 1.21 bits per heavy atom. The molecule has 84 valence electrons. The fourth-order valence-corrected chi connectivity index (χ4v) is 2.24. The Kier molecular flexibility index (Phi) is 4.85. The van der Waals surface area contributed by atoms with Crippen LogP contribution in [0.3, 0.4) is 0 Å². The lowest BCUT2D eigenvalue weighted by Crippen LogP contribution is -2.57. The lowest BCUT2D eigenvalue weighted by Gasteiger charge is -2.37. The highest BCUT2D eigenvalue weighted by Gasteiger charge is 2.30. The Hall–Kier alpha value is -0.120. The summed E-state index contributed by atoms with van der Waals surface area (Å²) in [6.45, 7) is 4.36. The van der Waals surface area contributed by atoms with Crippen LogP contribution in [0.2, 0.25) is 0 Å². The van der Waals surface area contributed by atoms with E-state index in [9.17, 15) is 0 Å². The normalized spacial score (nSPS) is 19.9. The molecule has 1 rings (SSSR count). The summed E-state index contributed by atoms with van der Waals surface area (Å²) in [6, 6.07) is 0. The molecule has 3 nitrogen and oxygen atoms in total. The molecule has 14 heavy (non-hydrogen) atoms. The Balaban J connectivity index is 2.29. The molecule has 5 N–H and O–H groups in total. The van der Waals surface area contributed by atoms with Gasteiger partial charge in [-0.1, -0.05) is 26.2 Å². The van der Waals surface area contributed by atoms with Crippen molar-refractivity contribution in [2.75, 3.05) is 13.1 Å². The molecule has 0 amide bonds. The lowest BCUT2D eigenvalue weighted by molar-refractivity contribution is 0.203. The minimum Gasteiger partial charge on any atom is -0.317 e. The van der Waals surface area contributed by atoms with Gasteiger partial charge in [-0.3, -0.25) is 0 Å². The molecule has 0 bridgehead atoms. The molecule has 0 unspecified atom stereocenters. The van der Waals surface area contributed by atoms with Crippen LogP contribution in [0.1, 0.15) is 45.4 Å². The molecule has 1 fully saturated rings. The van der Waals surface area contributed by atoms with E-state index in [0.29, 0.717) is 5.92 Å². The quantitative estimate of drug-likeness (QED) is 0.460. The van der Waals surface area contributed by atoms with Crippen LogP contribution in [-0.2, 0) is 0 Å². The first-order valence-corrected chi connectivity index (χ1v) is 5.95. The van der Waals surface area contributed by atoms with Gasteiger partial charge in [-0.15, -0.1) is 0 Å². The predicted molar refractivity (Wildman–Crippen MR) is 60.8 cm³/mol. The van der Waals surface area contributed by atoms with Gasteiger partial charge in [0.05, 0.1) is 5.66 Å². The van der Waals surface area contributed by atoms with Crippen molar-refractivity contribution in [1.29, 1.82) is 0 Å². The highest BCUT2D eigenvalue weighted by Crippen LogP contribution is 2.24. The van der Waals surface area contributed by atoms with Crippen LogP contribution >= 0.6 is 0 Å². The van der Waals surface area contributed by atoms with E-state index in [-0.39, 0.29) is 0 Å². The molecule has 0 radical (unpaired) electrons. The van der Waals surface area contributed by atoms with Gasteiger partial charge in [0.25, 0.3) is 0 Å². The topological polar surface area (TPSA) is 64.1 Å². The summed E-state index contributed by atoms with van der Waals surface area (Å²) in [5.74, 6) is 0.514. The van der Waals surface area contributed by atoms with Crippen LogP contribution in [0, 0.1) is 5.92 Å². The average molecular weight is 199 g/mol. The van der Waals surface area contributed by atoms with Crippen LogP contribution in [-0.4, -0.2) is 18.8 Å². The van der Waals surface area contributed by atoms with E-state index in [1.165, 1.54) is 19.3 Å². The zero-order valence-corrected chi connectivity index (χ0v) is 9.39. The van der Waals surface area contributed by atoms with E-state index in [2.05, 4.69) is 12.2 Å². The molecule has 3 heteroatoms. The third kappa shape index (κ3) is 3.56. The van der Waals surface area contributed by atoms with Crippen LogP contribution in [0.4, 0.5) is 0 Å². The van der Waals surface area contributed by atoms with E-state index in [0.717, 1.165) is 32.4 Å². The smallest absolute Gasteiger partial charge is 0.0666 e. The summed E-state index contributed by atoms with van der Waals surface area (Å²) in [6.07, 6.45) is 6.92. The first kappa shape index (κ1) is 12.0. The summed E-state index contributed by atoms with van der Waals surface area (Å²) >= 11 is 0. The van der Waals surface area contributed by atoms with Crippen molar-refractivity contribution in [3.63, 3.8) is 0 Å². The maximum absolute atomic E-state index is 6.18. The van der Waals surface area contributed by atoms with Crippen molar-refractivity contribution in [3.05, 3.63) is 0 Å². The van der Waals surface area contributed by atoms with Crippen molar-refractivity contribution in [3.8, 4) is 0 Å². The molecule has 1 aliphatic heterocycles. The lowest BCUT2D eigenvalue weighted by atomic mass is 9.82. The number of rotatable bonds is 5. The Bertz CT molecular complexity index is 151. The standard InChI is InChI=1S/C11H25N3/c1-2-3-4-7-11(12,13)10-5-8-14-9-6-10/h10,14H,2-9,12-13H2,1H3. The Labute approximate surface area is 87.6 Å². The molecule has 0 aromatic heterocycles. The number of hydrogen-bond donors (Lipinski definition) is 3. The van der Waals surface area contributed by atoms with Crippen molar-refractivity contribution >= 4 is 0 Å². The number of piperidine rings is 1. The van der Waals surface area contributed by atoms with Crippen molar-refractivity contribution < 1.29 is 0 Å². The third-order valence-corrected chi connectivity index (χ3v) is 3.31. The molecular formula is C11H25N3. The van der Waals surface area contributed by atoms with Crippen LogP contribution in [0.25, 0.3) is 0 Å². The molecule has 0 spiro atoms. The molecule has 1 heterocycles. The number of nitrogens with one attached hydrogen (secondary N) is 1. The zero-order chi connectivity index (χ0) is 10.4. The second kappa shape index (κ2) is 5.69. The summed E-state index contributed by atoms with van der Waals surface area (Å²) in [7, 11) is 0. The van der Waals surface area contributed by atoms with Gasteiger partial charge >= 0.3 is 0 Å². The Morgan fingerprint density at radius 2 is 1.86 bits per heavy atom. The van der Waals surface area contributed by atoms with Gasteiger partial charge < -0.3 is 16.8 Å². The van der Waals surface area contributed by atoms with Crippen molar-refractivity contribution in [2.45, 2.75) is 51.1 Å². The number of nitrogens with two attached hydrogens (primary N) is 2. The van der Waals surface area contributed by atoms with E-state index < -0.39 is 5.66 Å². The van der Waals surface area contributed by atoms with Gasteiger partial charge in [-0.05, 0) is 38.3 Å². The van der Waals surface area contributed by atoms with E-state index in [4.69, 9.17) is 11.5 Å². The molecule has 1 aliphatic rings. The van der Waals surface area contributed by atoms with Crippen molar-refractivity contribution in [1.82, 2.24) is 5.32 Å². The zero-order valence-electron chi connectivity index (χ0n) is 9.39. The van der Waals surface area contributed by atoms with Crippen LogP contribution in [0.15, 0.2) is 0 Å². The first-order chi connectivity index (χ1) is 6.67.